The van der Waals surface area contributed by atoms with E-state index < -0.39 is 0 Å². The number of β-amino-alcohol motifs (C(OH)–C–C–N with tert-alkyl or cyclic N) is 1. The van der Waals surface area contributed by atoms with Crippen LogP contribution in [0.3, 0.4) is 0 Å². The molecule has 1 atom stereocenters. The van der Waals surface area contributed by atoms with Crippen molar-refractivity contribution in [2.45, 2.75) is 38.4 Å². The molecule has 0 aromatic rings. The molecule has 0 aromatic heterocycles. The van der Waals surface area contributed by atoms with E-state index in [0.29, 0.717) is 0 Å². The van der Waals surface area contributed by atoms with Crippen LogP contribution in [0.25, 0.3) is 0 Å². The quantitative estimate of drug-likeness (QED) is 0.709. The third kappa shape index (κ3) is 3.63. The van der Waals surface area contributed by atoms with Gasteiger partial charge in [0.25, 0.3) is 0 Å². The molecule has 0 bridgehead atoms. The summed E-state index contributed by atoms with van der Waals surface area (Å²) >= 11 is 0. The zero-order valence-corrected chi connectivity index (χ0v) is 8.92. The molecular formula is C10H21NO2. The first-order chi connectivity index (χ1) is 6.03. The summed E-state index contributed by atoms with van der Waals surface area (Å²) in [7, 11) is 1.75. The number of methoxy groups -OCH3 is 1. The van der Waals surface area contributed by atoms with Crippen LogP contribution in [0.2, 0.25) is 0 Å². The minimum atomic E-state index is -0.106. The number of likely N-dealkylation sites (tertiary alicyclic amines) is 1. The van der Waals surface area contributed by atoms with Crippen LogP contribution in [-0.2, 0) is 4.74 Å². The molecule has 1 heterocycles. The van der Waals surface area contributed by atoms with Gasteiger partial charge in [-0.15, -0.1) is 0 Å². The van der Waals surface area contributed by atoms with Crippen molar-refractivity contribution in [1.82, 2.24) is 4.90 Å². The van der Waals surface area contributed by atoms with E-state index in [4.69, 9.17) is 4.74 Å². The minimum Gasteiger partial charge on any atom is -0.392 e. The highest BCUT2D eigenvalue weighted by atomic mass is 16.5. The lowest BCUT2D eigenvalue weighted by Gasteiger charge is -2.25. The van der Waals surface area contributed by atoms with E-state index >= 15 is 0 Å². The SMILES string of the molecule is COC(C)(C)CCN1CC[C@@H](O)C1. The van der Waals surface area contributed by atoms with Gasteiger partial charge in [-0.3, -0.25) is 0 Å². The van der Waals surface area contributed by atoms with Crippen molar-refractivity contribution < 1.29 is 9.84 Å². The van der Waals surface area contributed by atoms with Crippen molar-refractivity contribution >= 4 is 0 Å². The molecule has 0 aliphatic carbocycles. The van der Waals surface area contributed by atoms with Gasteiger partial charge in [-0.05, 0) is 26.7 Å². The lowest BCUT2D eigenvalue weighted by molar-refractivity contribution is 0.00823. The molecule has 78 valence electrons. The molecule has 0 saturated carbocycles. The van der Waals surface area contributed by atoms with E-state index in [9.17, 15) is 5.11 Å². The van der Waals surface area contributed by atoms with Crippen LogP contribution in [0.15, 0.2) is 0 Å². The zero-order valence-electron chi connectivity index (χ0n) is 8.92. The number of ether oxygens (including phenoxy) is 1. The van der Waals surface area contributed by atoms with Crippen molar-refractivity contribution in [3.63, 3.8) is 0 Å². The molecule has 0 spiro atoms. The van der Waals surface area contributed by atoms with Crippen LogP contribution < -0.4 is 0 Å². The summed E-state index contributed by atoms with van der Waals surface area (Å²) in [5.41, 5.74) is -0.0342. The van der Waals surface area contributed by atoms with Gasteiger partial charge >= 0.3 is 0 Å². The summed E-state index contributed by atoms with van der Waals surface area (Å²) in [6.07, 6.45) is 1.84. The largest absolute Gasteiger partial charge is 0.392 e. The Morgan fingerprint density at radius 2 is 2.23 bits per heavy atom. The molecular weight excluding hydrogens is 166 g/mol. The van der Waals surface area contributed by atoms with Crippen LogP contribution in [-0.4, -0.2) is 48.5 Å². The molecule has 3 nitrogen and oxygen atoms in total. The Morgan fingerprint density at radius 3 is 2.69 bits per heavy atom. The lowest BCUT2D eigenvalue weighted by Crippen LogP contribution is -2.31. The number of hydrogen-bond acceptors (Lipinski definition) is 3. The van der Waals surface area contributed by atoms with Gasteiger partial charge in [0.15, 0.2) is 0 Å². The maximum Gasteiger partial charge on any atom is 0.0679 e. The standard InChI is InChI=1S/C10H21NO2/c1-10(2,13-3)5-7-11-6-4-9(12)8-11/h9,12H,4-8H2,1-3H3/t9-/m1/s1. The Labute approximate surface area is 80.7 Å². The van der Waals surface area contributed by atoms with E-state index in [1.54, 1.807) is 7.11 Å². The third-order valence-electron chi connectivity index (χ3n) is 2.83. The van der Waals surface area contributed by atoms with Crippen molar-refractivity contribution in [2.24, 2.45) is 0 Å². The molecule has 1 fully saturated rings. The molecule has 13 heavy (non-hydrogen) atoms. The van der Waals surface area contributed by atoms with E-state index in [1.807, 2.05) is 0 Å². The van der Waals surface area contributed by atoms with Crippen molar-refractivity contribution in [2.75, 3.05) is 26.7 Å². The Bertz CT molecular complexity index is 159. The van der Waals surface area contributed by atoms with Crippen molar-refractivity contribution in [3.8, 4) is 0 Å². The fourth-order valence-corrected chi connectivity index (χ4v) is 1.54. The molecule has 3 heteroatoms. The highest BCUT2D eigenvalue weighted by Gasteiger charge is 2.23. The van der Waals surface area contributed by atoms with Crippen LogP contribution in [0, 0.1) is 0 Å². The molecule has 0 amide bonds. The van der Waals surface area contributed by atoms with Crippen molar-refractivity contribution in [3.05, 3.63) is 0 Å². The second kappa shape index (κ2) is 4.40. The van der Waals surface area contributed by atoms with Gasteiger partial charge in [-0.1, -0.05) is 0 Å². The number of rotatable bonds is 4. The maximum atomic E-state index is 9.31. The van der Waals surface area contributed by atoms with Crippen LogP contribution >= 0.6 is 0 Å². The fraction of sp³-hybridized carbons (Fsp3) is 1.00. The summed E-state index contributed by atoms with van der Waals surface area (Å²) < 4.78 is 5.34. The normalized spacial score (nSPS) is 25.4. The van der Waals surface area contributed by atoms with Gasteiger partial charge in [0.2, 0.25) is 0 Å². The van der Waals surface area contributed by atoms with Crippen LogP contribution in [0.4, 0.5) is 0 Å². The first kappa shape index (κ1) is 11.0. The average molecular weight is 187 g/mol. The molecule has 0 radical (unpaired) electrons. The Morgan fingerprint density at radius 1 is 1.54 bits per heavy atom. The zero-order chi connectivity index (χ0) is 9.90. The predicted octanol–water partition coefficient (Wildman–Crippen LogP) is 0.868. The lowest BCUT2D eigenvalue weighted by atomic mass is 10.1. The monoisotopic (exact) mass is 187 g/mol. The summed E-state index contributed by atoms with van der Waals surface area (Å²) in [6, 6.07) is 0. The fourth-order valence-electron chi connectivity index (χ4n) is 1.54. The Balaban J connectivity index is 2.19. The summed E-state index contributed by atoms with van der Waals surface area (Å²) in [6.45, 7) is 7.08. The summed E-state index contributed by atoms with van der Waals surface area (Å²) in [5.74, 6) is 0. The average Bonchev–Trinajstić information content (AvgIpc) is 2.48. The second-order valence-corrected chi connectivity index (χ2v) is 4.46. The van der Waals surface area contributed by atoms with Crippen LogP contribution in [0.1, 0.15) is 26.7 Å². The van der Waals surface area contributed by atoms with E-state index in [0.717, 1.165) is 32.5 Å². The predicted molar refractivity (Wildman–Crippen MR) is 52.8 cm³/mol. The highest BCUT2D eigenvalue weighted by Crippen LogP contribution is 2.16. The smallest absolute Gasteiger partial charge is 0.0679 e. The van der Waals surface area contributed by atoms with E-state index in [1.165, 1.54) is 0 Å². The molecule has 0 aromatic carbocycles. The molecule has 1 N–H and O–H groups in total. The Kier molecular flexibility index (Phi) is 3.71. The van der Waals surface area contributed by atoms with Gasteiger partial charge in [-0.25, -0.2) is 0 Å². The van der Waals surface area contributed by atoms with E-state index in [2.05, 4.69) is 18.7 Å². The first-order valence-electron chi connectivity index (χ1n) is 4.99. The topological polar surface area (TPSA) is 32.7 Å². The minimum absolute atomic E-state index is 0.0342. The van der Waals surface area contributed by atoms with E-state index in [-0.39, 0.29) is 11.7 Å². The van der Waals surface area contributed by atoms with Crippen molar-refractivity contribution in [1.29, 1.82) is 0 Å². The van der Waals surface area contributed by atoms with Crippen LogP contribution in [0.5, 0.6) is 0 Å². The number of hydrogen-bond donors (Lipinski definition) is 1. The van der Waals surface area contributed by atoms with Gasteiger partial charge in [-0.2, -0.15) is 0 Å². The summed E-state index contributed by atoms with van der Waals surface area (Å²) in [4.78, 5) is 2.30. The first-order valence-corrected chi connectivity index (χ1v) is 4.99. The number of aliphatic hydroxyl groups excluding tert-OH is 1. The molecule has 1 aliphatic heterocycles. The molecule has 0 unspecified atom stereocenters. The maximum absolute atomic E-state index is 9.31. The third-order valence-corrected chi connectivity index (χ3v) is 2.83. The number of nitrogens with zero attached hydrogens (tertiary/aromatic N) is 1. The second-order valence-electron chi connectivity index (χ2n) is 4.46. The number of aliphatic hydroxyl groups is 1. The summed E-state index contributed by atoms with van der Waals surface area (Å²) in [5, 5.41) is 9.31. The highest BCUT2D eigenvalue weighted by molar-refractivity contribution is 4.77. The molecule has 1 saturated heterocycles. The molecule has 1 aliphatic rings. The van der Waals surface area contributed by atoms with Gasteiger partial charge in [0.1, 0.15) is 0 Å². The van der Waals surface area contributed by atoms with Gasteiger partial charge in [0.05, 0.1) is 11.7 Å². The molecule has 1 rings (SSSR count). The van der Waals surface area contributed by atoms with Gasteiger partial charge in [0, 0.05) is 26.7 Å². The van der Waals surface area contributed by atoms with Gasteiger partial charge < -0.3 is 14.7 Å². The Hall–Kier alpha value is -0.120.